The molecular weight excluding hydrogens is 383 g/mol. The average Bonchev–Trinajstić information content (AvgIpc) is 2.41. The maximum Gasteiger partial charge on any atom is 0.237 e. The second kappa shape index (κ2) is 7.07. The monoisotopic (exact) mass is 396 g/mol. The molecule has 1 amide bonds. The zero-order valence-electron chi connectivity index (χ0n) is 11.1. The van der Waals surface area contributed by atoms with Crippen molar-refractivity contribution in [2.24, 2.45) is 11.1 Å². The first-order chi connectivity index (χ1) is 9.30. The minimum absolute atomic E-state index is 0.180. The molecule has 0 aliphatic rings. The summed E-state index contributed by atoms with van der Waals surface area (Å²) in [7, 11) is 0. The number of nitrogens with two attached hydrogens (primary N) is 1. The molecule has 0 spiro atoms. The van der Waals surface area contributed by atoms with E-state index in [0.717, 1.165) is 0 Å². The third-order valence-corrected chi connectivity index (χ3v) is 5.56. The van der Waals surface area contributed by atoms with Gasteiger partial charge in [-0.3, -0.25) is 4.79 Å². The molecule has 0 aliphatic heterocycles. The summed E-state index contributed by atoms with van der Waals surface area (Å²) in [6, 6.07) is 3.38. The van der Waals surface area contributed by atoms with Crippen molar-refractivity contribution in [3.8, 4) is 0 Å². The Balaban J connectivity index is 3.13. The summed E-state index contributed by atoms with van der Waals surface area (Å²) in [5.74, 6) is -0.268. The molecule has 0 unspecified atom stereocenters. The molecule has 0 aliphatic carbocycles. The van der Waals surface area contributed by atoms with Crippen molar-refractivity contribution in [2.75, 3.05) is 5.32 Å². The van der Waals surface area contributed by atoms with Crippen LogP contribution in [0.1, 0.15) is 26.7 Å². The van der Waals surface area contributed by atoms with E-state index in [1.54, 1.807) is 12.1 Å². The number of thiocarbonyl (C=S) groups is 1. The SMILES string of the molecule is CCC(CC)(C(=O)Nc1ccc(Br)c(Cl)c1Cl)C(N)=S. The number of carbonyl (C=O) groups excluding carboxylic acids is 1. The van der Waals surface area contributed by atoms with Crippen molar-refractivity contribution in [2.45, 2.75) is 26.7 Å². The van der Waals surface area contributed by atoms with Crippen LogP contribution < -0.4 is 11.1 Å². The molecule has 0 heterocycles. The fourth-order valence-electron chi connectivity index (χ4n) is 1.90. The van der Waals surface area contributed by atoms with Crippen molar-refractivity contribution in [3.05, 3.63) is 26.7 Å². The maximum atomic E-state index is 12.5. The number of amides is 1. The van der Waals surface area contributed by atoms with Gasteiger partial charge in [-0.05, 0) is 40.9 Å². The molecule has 1 aromatic carbocycles. The largest absolute Gasteiger partial charge is 0.392 e. The van der Waals surface area contributed by atoms with Crippen LogP contribution in [0.3, 0.4) is 0 Å². The second-order valence-corrected chi connectivity index (χ2v) is 6.38. The van der Waals surface area contributed by atoms with E-state index in [4.69, 9.17) is 41.2 Å². The van der Waals surface area contributed by atoms with Gasteiger partial charge in [0.2, 0.25) is 5.91 Å². The molecule has 0 aromatic heterocycles. The van der Waals surface area contributed by atoms with Gasteiger partial charge in [0.1, 0.15) is 0 Å². The quantitative estimate of drug-likeness (QED) is 0.554. The number of carbonyl (C=O) groups is 1. The number of hydrogen-bond donors (Lipinski definition) is 2. The maximum absolute atomic E-state index is 12.5. The molecule has 1 rings (SSSR count). The van der Waals surface area contributed by atoms with Gasteiger partial charge in [-0.1, -0.05) is 49.3 Å². The Labute approximate surface area is 142 Å². The van der Waals surface area contributed by atoms with E-state index >= 15 is 0 Å². The molecule has 7 heteroatoms. The zero-order chi connectivity index (χ0) is 15.5. The summed E-state index contributed by atoms with van der Waals surface area (Å²) in [4.78, 5) is 12.7. The minimum Gasteiger partial charge on any atom is -0.392 e. The molecule has 110 valence electrons. The zero-order valence-corrected chi connectivity index (χ0v) is 15.0. The lowest BCUT2D eigenvalue weighted by Crippen LogP contribution is -2.45. The van der Waals surface area contributed by atoms with Gasteiger partial charge in [0, 0.05) is 4.47 Å². The Morgan fingerprint density at radius 1 is 1.35 bits per heavy atom. The second-order valence-electron chi connectivity index (χ2n) is 4.33. The first kappa shape index (κ1) is 17.7. The molecule has 0 saturated carbocycles. The summed E-state index contributed by atoms with van der Waals surface area (Å²) in [5.41, 5.74) is 5.30. The van der Waals surface area contributed by atoms with Gasteiger partial charge in [0.15, 0.2) is 0 Å². The Hall–Kier alpha value is -0.360. The third kappa shape index (κ3) is 3.27. The van der Waals surface area contributed by atoms with Crippen LogP contribution in [0.25, 0.3) is 0 Å². The summed E-state index contributed by atoms with van der Waals surface area (Å²) >= 11 is 20.5. The average molecular weight is 398 g/mol. The van der Waals surface area contributed by atoms with Crippen molar-refractivity contribution in [3.63, 3.8) is 0 Å². The molecule has 20 heavy (non-hydrogen) atoms. The van der Waals surface area contributed by atoms with Crippen molar-refractivity contribution < 1.29 is 4.79 Å². The summed E-state index contributed by atoms with van der Waals surface area (Å²) < 4.78 is 0.661. The Morgan fingerprint density at radius 2 is 1.90 bits per heavy atom. The lowest BCUT2D eigenvalue weighted by Gasteiger charge is -2.29. The van der Waals surface area contributed by atoms with Gasteiger partial charge in [0.25, 0.3) is 0 Å². The van der Waals surface area contributed by atoms with Gasteiger partial charge in [0.05, 0.1) is 26.1 Å². The Morgan fingerprint density at radius 3 is 2.35 bits per heavy atom. The molecule has 0 radical (unpaired) electrons. The van der Waals surface area contributed by atoms with Gasteiger partial charge in [-0.25, -0.2) is 0 Å². The van der Waals surface area contributed by atoms with Crippen LogP contribution in [0.15, 0.2) is 16.6 Å². The Bertz CT molecular complexity index is 547. The molecule has 0 fully saturated rings. The lowest BCUT2D eigenvalue weighted by atomic mass is 9.81. The van der Waals surface area contributed by atoms with Crippen LogP contribution in [0.4, 0.5) is 5.69 Å². The van der Waals surface area contributed by atoms with Crippen molar-refractivity contribution in [1.82, 2.24) is 0 Å². The fraction of sp³-hybridized carbons (Fsp3) is 0.385. The highest BCUT2D eigenvalue weighted by atomic mass is 79.9. The normalized spacial score (nSPS) is 11.2. The van der Waals surface area contributed by atoms with Gasteiger partial charge in [-0.15, -0.1) is 0 Å². The summed E-state index contributed by atoms with van der Waals surface area (Å²) in [6.07, 6.45) is 1.04. The molecule has 0 saturated heterocycles. The van der Waals surface area contributed by atoms with Gasteiger partial charge >= 0.3 is 0 Å². The molecule has 0 bridgehead atoms. The minimum atomic E-state index is -0.877. The smallest absolute Gasteiger partial charge is 0.237 e. The molecule has 0 atom stereocenters. The molecule has 3 N–H and O–H groups in total. The summed E-state index contributed by atoms with van der Waals surface area (Å²) in [6.45, 7) is 3.75. The number of halogens is 3. The predicted molar refractivity (Wildman–Crippen MR) is 92.6 cm³/mol. The van der Waals surface area contributed by atoms with Crippen molar-refractivity contribution >= 4 is 67.9 Å². The number of anilines is 1. The van der Waals surface area contributed by atoms with E-state index in [1.807, 2.05) is 13.8 Å². The predicted octanol–water partition coefficient (Wildman–Crippen LogP) is 4.79. The van der Waals surface area contributed by atoms with Crippen LogP contribution in [0.5, 0.6) is 0 Å². The molecule has 3 nitrogen and oxygen atoms in total. The van der Waals surface area contributed by atoms with E-state index in [1.165, 1.54) is 0 Å². The fourth-order valence-corrected chi connectivity index (χ4v) is 3.10. The van der Waals surface area contributed by atoms with Gasteiger partial charge < -0.3 is 11.1 Å². The van der Waals surface area contributed by atoms with E-state index < -0.39 is 5.41 Å². The van der Waals surface area contributed by atoms with Crippen molar-refractivity contribution in [1.29, 1.82) is 0 Å². The lowest BCUT2D eigenvalue weighted by molar-refractivity contribution is -0.122. The molecular formula is C13H15BrCl2N2OS. The topological polar surface area (TPSA) is 55.1 Å². The van der Waals surface area contributed by atoms with Crippen LogP contribution >= 0.6 is 51.3 Å². The third-order valence-electron chi connectivity index (χ3n) is 3.40. The highest BCUT2D eigenvalue weighted by Crippen LogP contribution is 2.37. The van der Waals surface area contributed by atoms with Crippen LogP contribution in [0, 0.1) is 5.41 Å². The first-order valence-electron chi connectivity index (χ1n) is 6.05. The standard InChI is InChI=1S/C13H15BrCl2N2OS/c1-3-13(4-2,11(17)20)12(19)18-8-6-5-7(14)9(15)10(8)16/h5-6H,3-4H2,1-2H3,(H2,17,20)(H,18,19). The van der Waals surface area contributed by atoms with Crippen LogP contribution in [-0.4, -0.2) is 10.9 Å². The number of nitrogens with one attached hydrogen (secondary N) is 1. The highest BCUT2D eigenvalue weighted by molar-refractivity contribution is 9.10. The first-order valence-corrected chi connectivity index (χ1v) is 8.00. The van der Waals surface area contributed by atoms with Crippen LogP contribution in [-0.2, 0) is 4.79 Å². The van der Waals surface area contributed by atoms with E-state index in [2.05, 4.69) is 21.2 Å². The number of benzene rings is 1. The number of hydrogen-bond acceptors (Lipinski definition) is 2. The van der Waals surface area contributed by atoms with E-state index in [-0.39, 0.29) is 15.9 Å². The Kier molecular flexibility index (Phi) is 6.25. The van der Waals surface area contributed by atoms with Gasteiger partial charge in [-0.2, -0.15) is 0 Å². The molecule has 1 aromatic rings. The highest BCUT2D eigenvalue weighted by Gasteiger charge is 2.38. The van der Waals surface area contributed by atoms with E-state index in [9.17, 15) is 4.79 Å². The summed E-state index contributed by atoms with van der Waals surface area (Å²) in [5, 5.41) is 3.38. The number of rotatable bonds is 5. The van der Waals surface area contributed by atoms with E-state index in [0.29, 0.717) is 28.0 Å². The van der Waals surface area contributed by atoms with Crippen LogP contribution in [0.2, 0.25) is 10.0 Å².